The van der Waals surface area contributed by atoms with Crippen molar-refractivity contribution < 1.29 is 28.8 Å². The van der Waals surface area contributed by atoms with Gasteiger partial charge in [0.05, 0.1) is 23.7 Å². The van der Waals surface area contributed by atoms with Crippen LogP contribution in [0.5, 0.6) is 11.5 Å². The van der Waals surface area contributed by atoms with E-state index in [1.807, 2.05) is 6.07 Å². The molecule has 0 spiro atoms. The minimum Gasteiger partial charge on any atom is -0.493 e. The molecule has 10 nitrogen and oxygen atoms in total. The largest absolute Gasteiger partial charge is 0.493 e. The normalized spacial score (nSPS) is 12.5. The molecule has 3 rings (SSSR count). The maximum atomic E-state index is 12.5. The number of hydrogen-bond acceptors (Lipinski definition) is 8. The lowest BCUT2D eigenvalue weighted by Gasteiger charge is -2.13. The molecule has 0 unspecified atom stereocenters. The molecule has 0 aliphatic carbocycles. The van der Waals surface area contributed by atoms with Gasteiger partial charge in [0.1, 0.15) is 5.56 Å². The number of nitriles is 1. The number of carbonyl (C=O) groups excluding carboxylic acids is 3. The molecule has 0 saturated carbocycles. The molecule has 2 aromatic rings. The average Bonchev–Trinajstić information content (AvgIpc) is 3.07. The summed E-state index contributed by atoms with van der Waals surface area (Å²) in [6.45, 7) is 0.101. The third-order valence-corrected chi connectivity index (χ3v) is 5.20. The van der Waals surface area contributed by atoms with E-state index in [4.69, 9.17) is 14.7 Å². The molecule has 1 heterocycles. The van der Waals surface area contributed by atoms with Crippen LogP contribution in [0.4, 0.5) is 5.69 Å². The van der Waals surface area contributed by atoms with Crippen molar-refractivity contribution in [1.29, 1.82) is 5.26 Å². The standard InChI is InChI=1S/C24H21N3O7/c1-33-20-15-16(7-6-13-25)11-12-19(20)34-21(28)10-3-2-4-14-26-23(29)17-8-5-9-18(27(31)32)22(17)24(26)30/h5-9,11-12,15H,2-4,10,14H2,1H3/b7-6-. The second-order valence-electron chi connectivity index (χ2n) is 7.38. The molecule has 34 heavy (non-hydrogen) atoms. The second kappa shape index (κ2) is 10.9. The number of allylic oxidation sites excluding steroid dienone is 1. The second-order valence-corrected chi connectivity index (χ2v) is 7.38. The lowest BCUT2D eigenvalue weighted by molar-refractivity contribution is -0.385. The summed E-state index contributed by atoms with van der Waals surface area (Å²) in [6, 6.07) is 10.8. The number of benzene rings is 2. The summed E-state index contributed by atoms with van der Waals surface area (Å²) in [5, 5.41) is 19.8. The van der Waals surface area contributed by atoms with Crippen molar-refractivity contribution in [1.82, 2.24) is 4.90 Å². The molecular formula is C24H21N3O7. The van der Waals surface area contributed by atoms with Crippen molar-refractivity contribution in [3.8, 4) is 17.6 Å². The Balaban J connectivity index is 1.48. The molecule has 2 aromatic carbocycles. The highest BCUT2D eigenvalue weighted by molar-refractivity contribution is 6.23. The molecule has 0 bridgehead atoms. The minimum absolute atomic E-state index is 0.0332. The first-order valence-corrected chi connectivity index (χ1v) is 10.5. The third-order valence-electron chi connectivity index (χ3n) is 5.20. The highest BCUT2D eigenvalue weighted by Crippen LogP contribution is 2.31. The maximum absolute atomic E-state index is 12.5. The van der Waals surface area contributed by atoms with Gasteiger partial charge < -0.3 is 9.47 Å². The van der Waals surface area contributed by atoms with Crippen LogP contribution in [0.1, 0.15) is 52.0 Å². The summed E-state index contributed by atoms with van der Waals surface area (Å²) < 4.78 is 10.6. The Morgan fingerprint density at radius 1 is 1.15 bits per heavy atom. The van der Waals surface area contributed by atoms with Crippen LogP contribution < -0.4 is 9.47 Å². The van der Waals surface area contributed by atoms with E-state index in [2.05, 4.69) is 0 Å². The van der Waals surface area contributed by atoms with Crippen LogP contribution in [0.2, 0.25) is 0 Å². The fraction of sp³-hybridized carbons (Fsp3) is 0.250. The third kappa shape index (κ3) is 5.27. The van der Waals surface area contributed by atoms with Crippen molar-refractivity contribution >= 4 is 29.5 Å². The Morgan fingerprint density at radius 2 is 1.94 bits per heavy atom. The zero-order valence-electron chi connectivity index (χ0n) is 18.4. The number of nitro benzene ring substituents is 1. The van der Waals surface area contributed by atoms with Crippen LogP contribution in [0.25, 0.3) is 6.08 Å². The molecule has 1 aliphatic heterocycles. The fourth-order valence-corrected chi connectivity index (χ4v) is 3.57. The number of unbranched alkanes of at least 4 members (excludes halogenated alkanes) is 2. The van der Waals surface area contributed by atoms with Gasteiger partial charge in [0.2, 0.25) is 0 Å². The quantitative estimate of drug-likeness (QED) is 0.0983. The Hall–Kier alpha value is -4.52. The number of methoxy groups -OCH3 is 1. The molecule has 1 aliphatic rings. The average molecular weight is 463 g/mol. The van der Waals surface area contributed by atoms with E-state index in [0.717, 1.165) is 10.5 Å². The van der Waals surface area contributed by atoms with Gasteiger partial charge >= 0.3 is 5.97 Å². The van der Waals surface area contributed by atoms with Crippen LogP contribution >= 0.6 is 0 Å². The van der Waals surface area contributed by atoms with Crippen molar-refractivity contribution in [2.24, 2.45) is 0 Å². The number of rotatable bonds is 10. The number of hydrogen-bond donors (Lipinski definition) is 0. The molecule has 0 aromatic heterocycles. The van der Waals surface area contributed by atoms with E-state index in [9.17, 15) is 24.5 Å². The van der Waals surface area contributed by atoms with Gasteiger partial charge in [-0.1, -0.05) is 18.6 Å². The molecule has 0 atom stereocenters. The number of nitrogens with zero attached hydrogens (tertiary/aromatic N) is 3. The van der Waals surface area contributed by atoms with E-state index in [-0.39, 0.29) is 35.5 Å². The van der Waals surface area contributed by atoms with Crippen LogP contribution in [-0.2, 0) is 4.79 Å². The summed E-state index contributed by atoms with van der Waals surface area (Å²) in [5.74, 6) is -1.08. The van der Waals surface area contributed by atoms with Crippen molar-refractivity contribution in [3.05, 3.63) is 69.3 Å². The highest BCUT2D eigenvalue weighted by Gasteiger charge is 2.40. The van der Waals surface area contributed by atoms with Gasteiger partial charge in [-0.15, -0.1) is 0 Å². The topological polar surface area (TPSA) is 140 Å². The Bertz CT molecular complexity index is 1210. The van der Waals surface area contributed by atoms with Gasteiger partial charge in [-0.05, 0) is 42.7 Å². The zero-order valence-corrected chi connectivity index (χ0v) is 18.4. The number of ether oxygens (including phenoxy) is 2. The summed E-state index contributed by atoms with van der Waals surface area (Å²) in [6.07, 6.45) is 4.49. The summed E-state index contributed by atoms with van der Waals surface area (Å²) >= 11 is 0. The predicted octanol–water partition coefficient (Wildman–Crippen LogP) is 3.90. The van der Waals surface area contributed by atoms with E-state index in [1.165, 1.54) is 31.4 Å². The molecule has 0 fully saturated rings. The first kappa shape index (κ1) is 24.1. The first-order valence-electron chi connectivity index (χ1n) is 10.5. The van der Waals surface area contributed by atoms with Crippen LogP contribution in [0.15, 0.2) is 42.5 Å². The number of nitro groups is 1. The number of imide groups is 1. The van der Waals surface area contributed by atoms with Crippen molar-refractivity contribution in [2.45, 2.75) is 25.7 Å². The number of amides is 2. The van der Waals surface area contributed by atoms with Gasteiger partial charge in [0.15, 0.2) is 11.5 Å². The van der Waals surface area contributed by atoms with E-state index < -0.39 is 22.7 Å². The monoisotopic (exact) mass is 463 g/mol. The molecule has 0 radical (unpaired) electrons. The lowest BCUT2D eigenvalue weighted by atomic mass is 10.1. The highest BCUT2D eigenvalue weighted by atomic mass is 16.6. The number of fused-ring (bicyclic) bond motifs is 1. The Morgan fingerprint density at radius 3 is 2.65 bits per heavy atom. The number of carbonyl (C=O) groups is 3. The Kier molecular flexibility index (Phi) is 7.71. The molecule has 10 heteroatoms. The maximum Gasteiger partial charge on any atom is 0.311 e. The number of esters is 1. The Labute approximate surface area is 195 Å². The van der Waals surface area contributed by atoms with Crippen molar-refractivity contribution in [3.63, 3.8) is 0 Å². The SMILES string of the molecule is COc1cc(/C=C\C#N)ccc1OC(=O)CCCCCN1C(=O)c2cccc([N+](=O)[O-])c2C1=O. The van der Waals surface area contributed by atoms with Gasteiger partial charge in [0, 0.05) is 25.1 Å². The predicted molar refractivity (Wildman–Crippen MR) is 120 cm³/mol. The summed E-state index contributed by atoms with van der Waals surface area (Å²) in [5.41, 5.74) is 0.192. The zero-order chi connectivity index (χ0) is 24.7. The van der Waals surface area contributed by atoms with Crippen LogP contribution in [0, 0.1) is 21.4 Å². The van der Waals surface area contributed by atoms with Gasteiger partial charge in [-0.25, -0.2) is 0 Å². The van der Waals surface area contributed by atoms with Crippen LogP contribution in [0.3, 0.4) is 0 Å². The van der Waals surface area contributed by atoms with E-state index in [1.54, 1.807) is 24.3 Å². The summed E-state index contributed by atoms with van der Waals surface area (Å²) in [7, 11) is 1.44. The van der Waals surface area contributed by atoms with Gasteiger partial charge in [-0.3, -0.25) is 29.4 Å². The molecule has 0 saturated heterocycles. The van der Waals surface area contributed by atoms with Crippen molar-refractivity contribution in [2.75, 3.05) is 13.7 Å². The molecular weight excluding hydrogens is 442 g/mol. The van der Waals surface area contributed by atoms with E-state index in [0.29, 0.717) is 25.0 Å². The molecule has 174 valence electrons. The van der Waals surface area contributed by atoms with Gasteiger partial charge in [0.25, 0.3) is 17.5 Å². The van der Waals surface area contributed by atoms with Gasteiger partial charge in [-0.2, -0.15) is 5.26 Å². The molecule has 2 amide bonds. The fourth-order valence-electron chi connectivity index (χ4n) is 3.57. The van der Waals surface area contributed by atoms with Crippen LogP contribution in [-0.4, -0.2) is 41.3 Å². The summed E-state index contributed by atoms with van der Waals surface area (Å²) in [4.78, 5) is 48.7. The lowest BCUT2D eigenvalue weighted by Crippen LogP contribution is -2.30. The smallest absolute Gasteiger partial charge is 0.311 e. The van der Waals surface area contributed by atoms with E-state index >= 15 is 0 Å². The molecule has 0 N–H and O–H groups in total. The minimum atomic E-state index is -0.676. The first-order chi connectivity index (χ1) is 16.4.